The van der Waals surface area contributed by atoms with Crippen molar-refractivity contribution in [2.24, 2.45) is 5.92 Å². The van der Waals surface area contributed by atoms with E-state index in [0.29, 0.717) is 5.95 Å². The van der Waals surface area contributed by atoms with Crippen LogP contribution in [-0.4, -0.2) is 28.0 Å². The lowest BCUT2D eigenvalue weighted by Crippen LogP contribution is -2.43. The van der Waals surface area contributed by atoms with E-state index in [1.165, 1.54) is 0 Å². The molecule has 1 aliphatic heterocycles. The zero-order valence-corrected chi connectivity index (χ0v) is 15.8. The minimum Gasteiger partial charge on any atom is -0.465 e. The Kier molecular flexibility index (Phi) is 4.05. The summed E-state index contributed by atoms with van der Waals surface area (Å²) in [6.45, 7) is 1.95. The molecule has 1 amide bonds. The highest BCUT2D eigenvalue weighted by Crippen LogP contribution is 2.40. The van der Waals surface area contributed by atoms with Gasteiger partial charge in [-0.3, -0.25) is 14.9 Å². The van der Waals surface area contributed by atoms with Crippen LogP contribution in [0.15, 0.2) is 66.7 Å². The molecule has 0 saturated heterocycles. The van der Waals surface area contributed by atoms with Gasteiger partial charge in [-0.05, 0) is 35.4 Å². The summed E-state index contributed by atoms with van der Waals surface area (Å²) in [6.07, 6.45) is 0. The number of carbonyl (C=O) groups is 2. The SMILES string of the molecule is CCOC(=O)[C@H]1C(=O)Nc2nc3ccccc3n2[C@@H]1c1cccc2ccccc12. The molecule has 0 unspecified atom stereocenters. The van der Waals surface area contributed by atoms with Crippen LogP contribution in [0.5, 0.6) is 0 Å². The van der Waals surface area contributed by atoms with Gasteiger partial charge in [-0.25, -0.2) is 4.98 Å². The molecule has 3 aromatic carbocycles. The monoisotopic (exact) mass is 385 g/mol. The van der Waals surface area contributed by atoms with E-state index >= 15 is 0 Å². The number of imidazole rings is 1. The summed E-state index contributed by atoms with van der Waals surface area (Å²) in [5.41, 5.74) is 2.51. The first-order valence-electron chi connectivity index (χ1n) is 9.61. The summed E-state index contributed by atoms with van der Waals surface area (Å²) in [6, 6.07) is 21.0. The van der Waals surface area contributed by atoms with Crippen molar-refractivity contribution in [1.82, 2.24) is 9.55 Å². The molecule has 2 heterocycles. The lowest BCUT2D eigenvalue weighted by Gasteiger charge is -2.32. The second-order valence-electron chi connectivity index (χ2n) is 7.03. The van der Waals surface area contributed by atoms with Crippen LogP contribution in [0.4, 0.5) is 5.95 Å². The zero-order valence-electron chi connectivity index (χ0n) is 15.8. The lowest BCUT2D eigenvalue weighted by atomic mass is 9.87. The Morgan fingerprint density at radius 1 is 1.07 bits per heavy atom. The van der Waals surface area contributed by atoms with E-state index in [2.05, 4.69) is 10.3 Å². The van der Waals surface area contributed by atoms with Crippen molar-refractivity contribution < 1.29 is 14.3 Å². The van der Waals surface area contributed by atoms with E-state index in [1.807, 2.05) is 71.3 Å². The predicted molar refractivity (Wildman–Crippen MR) is 111 cm³/mol. The van der Waals surface area contributed by atoms with E-state index < -0.39 is 23.8 Å². The molecule has 1 aliphatic rings. The number of esters is 1. The predicted octanol–water partition coefficient (Wildman–Crippen LogP) is 3.91. The normalized spacial score (nSPS) is 18.4. The largest absolute Gasteiger partial charge is 0.465 e. The van der Waals surface area contributed by atoms with Gasteiger partial charge >= 0.3 is 5.97 Å². The van der Waals surface area contributed by atoms with Crippen molar-refractivity contribution in [2.45, 2.75) is 13.0 Å². The van der Waals surface area contributed by atoms with Gasteiger partial charge in [0.25, 0.3) is 0 Å². The third-order valence-corrected chi connectivity index (χ3v) is 5.39. The average Bonchev–Trinajstić information content (AvgIpc) is 3.10. The molecule has 144 valence electrons. The highest BCUT2D eigenvalue weighted by atomic mass is 16.5. The number of fused-ring (bicyclic) bond motifs is 4. The van der Waals surface area contributed by atoms with E-state index in [0.717, 1.165) is 27.4 Å². The highest BCUT2D eigenvalue weighted by Gasteiger charge is 2.44. The first kappa shape index (κ1) is 17.4. The number of hydrogen-bond acceptors (Lipinski definition) is 4. The quantitative estimate of drug-likeness (QED) is 0.429. The minimum atomic E-state index is -1.01. The van der Waals surface area contributed by atoms with Crippen LogP contribution in [0, 0.1) is 5.92 Å². The summed E-state index contributed by atoms with van der Waals surface area (Å²) >= 11 is 0. The van der Waals surface area contributed by atoms with Crippen molar-refractivity contribution >= 4 is 39.6 Å². The van der Waals surface area contributed by atoms with Crippen LogP contribution in [-0.2, 0) is 14.3 Å². The first-order chi connectivity index (χ1) is 14.2. The minimum absolute atomic E-state index is 0.211. The third kappa shape index (κ3) is 2.68. The number of amides is 1. The van der Waals surface area contributed by atoms with Crippen LogP contribution in [0.3, 0.4) is 0 Å². The number of aromatic nitrogens is 2. The molecule has 0 aliphatic carbocycles. The summed E-state index contributed by atoms with van der Waals surface area (Å²) < 4.78 is 7.23. The molecule has 0 bridgehead atoms. The van der Waals surface area contributed by atoms with Gasteiger partial charge in [0.2, 0.25) is 11.9 Å². The molecule has 1 N–H and O–H groups in total. The van der Waals surface area contributed by atoms with Crippen molar-refractivity contribution in [3.63, 3.8) is 0 Å². The molecular formula is C23H19N3O3. The van der Waals surface area contributed by atoms with Gasteiger partial charge in [0.05, 0.1) is 23.7 Å². The van der Waals surface area contributed by atoms with Gasteiger partial charge in [0.15, 0.2) is 5.92 Å². The smallest absolute Gasteiger partial charge is 0.321 e. The molecule has 0 fully saturated rings. The van der Waals surface area contributed by atoms with Crippen molar-refractivity contribution in [3.8, 4) is 0 Å². The van der Waals surface area contributed by atoms with Gasteiger partial charge in [-0.15, -0.1) is 0 Å². The molecule has 0 radical (unpaired) electrons. The number of anilines is 1. The molecule has 5 rings (SSSR count). The fraction of sp³-hybridized carbons (Fsp3) is 0.174. The molecule has 4 aromatic rings. The third-order valence-electron chi connectivity index (χ3n) is 5.39. The second-order valence-corrected chi connectivity index (χ2v) is 7.03. The van der Waals surface area contributed by atoms with Gasteiger partial charge in [0.1, 0.15) is 0 Å². The Bertz CT molecular complexity index is 1260. The van der Waals surface area contributed by atoms with E-state index in [9.17, 15) is 9.59 Å². The van der Waals surface area contributed by atoms with Gasteiger partial charge in [-0.1, -0.05) is 54.6 Å². The van der Waals surface area contributed by atoms with Gasteiger partial charge < -0.3 is 9.30 Å². The Balaban J connectivity index is 1.83. The Morgan fingerprint density at radius 2 is 1.83 bits per heavy atom. The number of benzene rings is 3. The molecule has 0 saturated carbocycles. The fourth-order valence-corrected chi connectivity index (χ4v) is 4.19. The number of rotatable bonds is 3. The molecule has 1 aromatic heterocycles. The molecule has 2 atom stereocenters. The van der Waals surface area contributed by atoms with Crippen LogP contribution in [0.25, 0.3) is 21.8 Å². The Labute approximate surface area is 167 Å². The fourth-order valence-electron chi connectivity index (χ4n) is 4.19. The Morgan fingerprint density at radius 3 is 2.69 bits per heavy atom. The molecular weight excluding hydrogens is 366 g/mol. The number of carbonyl (C=O) groups excluding carboxylic acids is 2. The topological polar surface area (TPSA) is 73.2 Å². The van der Waals surface area contributed by atoms with E-state index in [4.69, 9.17) is 4.74 Å². The molecule has 6 heteroatoms. The van der Waals surface area contributed by atoms with E-state index in [1.54, 1.807) is 6.92 Å². The number of hydrogen-bond donors (Lipinski definition) is 1. The van der Waals surface area contributed by atoms with Crippen LogP contribution in [0.2, 0.25) is 0 Å². The number of nitrogens with one attached hydrogen (secondary N) is 1. The van der Waals surface area contributed by atoms with Crippen LogP contribution >= 0.6 is 0 Å². The van der Waals surface area contributed by atoms with E-state index in [-0.39, 0.29) is 6.61 Å². The second kappa shape index (κ2) is 6.74. The van der Waals surface area contributed by atoms with Crippen molar-refractivity contribution in [1.29, 1.82) is 0 Å². The number of nitrogens with zero attached hydrogens (tertiary/aromatic N) is 2. The maximum absolute atomic E-state index is 13.0. The highest BCUT2D eigenvalue weighted by molar-refractivity contribution is 6.08. The summed E-state index contributed by atoms with van der Waals surface area (Å²) in [5, 5.41) is 4.84. The summed E-state index contributed by atoms with van der Waals surface area (Å²) in [7, 11) is 0. The molecule has 29 heavy (non-hydrogen) atoms. The summed E-state index contributed by atoms with van der Waals surface area (Å²) in [4.78, 5) is 30.5. The standard InChI is InChI=1S/C23H19N3O3/c1-2-29-22(28)19-20(16-11-7-9-14-8-3-4-10-15(14)16)26-18-13-6-5-12-17(18)24-23(26)25-21(19)27/h3-13,19-20H,2H2,1H3,(H,24,25,27)/t19-,20-/m1/s1. The Hall–Kier alpha value is -3.67. The van der Waals surface area contributed by atoms with Gasteiger partial charge in [0, 0.05) is 0 Å². The van der Waals surface area contributed by atoms with Crippen molar-refractivity contribution in [3.05, 3.63) is 72.3 Å². The maximum Gasteiger partial charge on any atom is 0.321 e. The number of ether oxygens (including phenoxy) is 1. The molecule has 0 spiro atoms. The van der Waals surface area contributed by atoms with Crippen molar-refractivity contribution in [2.75, 3.05) is 11.9 Å². The average molecular weight is 385 g/mol. The summed E-state index contributed by atoms with van der Waals surface area (Å²) in [5.74, 6) is -1.50. The van der Waals surface area contributed by atoms with Crippen LogP contribution < -0.4 is 5.32 Å². The first-order valence-corrected chi connectivity index (χ1v) is 9.61. The lowest BCUT2D eigenvalue weighted by molar-refractivity contribution is -0.152. The maximum atomic E-state index is 13.0. The number of para-hydroxylation sites is 2. The van der Waals surface area contributed by atoms with Crippen LogP contribution in [0.1, 0.15) is 18.5 Å². The molecule has 6 nitrogen and oxygen atoms in total. The van der Waals surface area contributed by atoms with Gasteiger partial charge in [-0.2, -0.15) is 0 Å². The zero-order chi connectivity index (χ0) is 20.0.